The van der Waals surface area contributed by atoms with Gasteiger partial charge < -0.3 is 15.0 Å². The van der Waals surface area contributed by atoms with Crippen LogP contribution in [0.5, 0.6) is 0 Å². The lowest BCUT2D eigenvalue weighted by molar-refractivity contribution is -0.384. The van der Waals surface area contributed by atoms with Crippen LogP contribution >= 0.6 is 0 Å². The zero-order chi connectivity index (χ0) is 21.4. The fourth-order valence-corrected chi connectivity index (χ4v) is 2.92. The number of carbonyl (C=O) groups is 3. The van der Waals surface area contributed by atoms with E-state index < -0.39 is 29.4 Å². The van der Waals surface area contributed by atoms with E-state index >= 15 is 0 Å². The number of esters is 1. The van der Waals surface area contributed by atoms with Crippen LogP contribution in [0.3, 0.4) is 0 Å². The molecule has 10 nitrogen and oxygen atoms in total. The van der Waals surface area contributed by atoms with E-state index in [4.69, 9.17) is 4.74 Å². The molecule has 2 rings (SSSR count). The summed E-state index contributed by atoms with van der Waals surface area (Å²) in [7, 11) is 0. The maximum absolute atomic E-state index is 12.2. The highest BCUT2D eigenvalue weighted by Crippen LogP contribution is 2.31. The van der Waals surface area contributed by atoms with Crippen molar-refractivity contribution in [1.82, 2.24) is 10.6 Å². The van der Waals surface area contributed by atoms with Crippen LogP contribution in [0.25, 0.3) is 0 Å². The second kappa shape index (κ2) is 10.4. The monoisotopic (exact) mass is 406 g/mol. The number of amides is 3. The van der Waals surface area contributed by atoms with Gasteiger partial charge in [-0.25, -0.2) is 9.59 Å². The first-order valence-electron chi connectivity index (χ1n) is 9.56. The van der Waals surface area contributed by atoms with Crippen LogP contribution in [0.4, 0.5) is 16.2 Å². The molecule has 0 aromatic heterocycles. The second-order valence-corrected chi connectivity index (χ2v) is 7.22. The number of ether oxygens (including phenoxy) is 1. The van der Waals surface area contributed by atoms with Crippen molar-refractivity contribution in [2.75, 3.05) is 31.1 Å². The van der Waals surface area contributed by atoms with Crippen molar-refractivity contribution in [3.05, 3.63) is 33.9 Å². The number of rotatable bonds is 8. The van der Waals surface area contributed by atoms with Crippen LogP contribution in [0.15, 0.2) is 18.2 Å². The number of nitrogens with one attached hydrogen (secondary N) is 2. The van der Waals surface area contributed by atoms with Crippen LogP contribution in [-0.4, -0.2) is 49.1 Å². The van der Waals surface area contributed by atoms with Gasteiger partial charge in [0.15, 0.2) is 6.61 Å². The summed E-state index contributed by atoms with van der Waals surface area (Å²) in [5, 5.41) is 16.0. The van der Waals surface area contributed by atoms with E-state index in [9.17, 15) is 24.5 Å². The van der Waals surface area contributed by atoms with E-state index in [1.165, 1.54) is 12.1 Å². The molecular formula is C19H26N4O6. The molecule has 1 aromatic carbocycles. The molecule has 1 fully saturated rings. The molecule has 0 aliphatic carbocycles. The molecule has 0 saturated carbocycles. The summed E-state index contributed by atoms with van der Waals surface area (Å²) in [6.07, 6.45) is 2.69. The van der Waals surface area contributed by atoms with Crippen LogP contribution < -0.4 is 15.5 Å². The topological polar surface area (TPSA) is 131 Å². The summed E-state index contributed by atoms with van der Waals surface area (Å²) in [5.41, 5.74) is 0.240. The summed E-state index contributed by atoms with van der Waals surface area (Å²) in [4.78, 5) is 48.2. The Bertz CT molecular complexity index is 774. The van der Waals surface area contributed by atoms with Crippen molar-refractivity contribution in [3.8, 4) is 0 Å². The first-order valence-corrected chi connectivity index (χ1v) is 9.56. The average molecular weight is 406 g/mol. The highest BCUT2D eigenvalue weighted by molar-refractivity contribution is 5.97. The smallest absolute Gasteiger partial charge is 0.338 e. The molecule has 0 unspecified atom stereocenters. The Morgan fingerprint density at radius 3 is 2.55 bits per heavy atom. The quantitative estimate of drug-likeness (QED) is 0.384. The van der Waals surface area contributed by atoms with Gasteiger partial charge in [0.1, 0.15) is 5.69 Å². The molecule has 29 heavy (non-hydrogen) atoms. The lowest BCUT2D eigenvalue weighted by atomic mass is 10.1. The molecule has 3 amide bonds. The van der Waals surface area contributed by atoms with Gasteiger partial charge >= 0.3 is 12.0 Å². The van der Waals surface area contributed by atoms with E-state index in [0.29, 0.717) is 18.2 Å². The first-order chi connectivity index (χ1) is 13.8. The predicted molar refractivity (Wildman–Crippen MR) is 106 cm³/mol. The van der Waals surface area contributed by atoms with Gasteiger partial charge in [0.05, 0.1) is 10.5 Å². The Morgan fingerprint density at radius 1 is 1.24 bits per heavy atom. The fraction of sp³-hybridized carbons (Fsp3) is 0.526. The molecule has 1 aromatic rings. The van der Waals surface area contributed by atoms with E-state index in [1.807, 2.05) is 18.7 Å². The molecule has 1 aliphatic rings. The molecule has 0 bridgehead atoms. The molecule has 2 N–H and O–H groups in total. The number of nitro groups is 1. The number of nitrogens with zero attached hydrogens (tertiary/aromatic N) is 2. The van der Waals surface area contributed by atoms with Crippen molar-refractivity contribution < 1.29 is 24.0 Å². The molecule has 0 spiro atoms. The van der Waals surface area contributed by atoms with Crippen molar-refractivity contribution in [1.29, 1.82) is 0 Å². The highest BCUT2D eigenvalue weighted by Gasteiger charge is 2.24. The van der Waals surface area contributed by atoms with Gasteiger partial charge in [-0.1, -0.05) is 13.8 Å². The van der Waals surface area contributed by atoms with E-state index in [2.05, 4.69) is 10.6 Å². The molecule has 1 aliphatic heterocycles. The lowest BCUT2D eigenvalue weighted by Crippen LogP contribution is -2.42. The maximum Gasteiger partial charge on any atom is 0.338 e. The Morgan fingerprint density at radius 2 is 1.93 bits per heavy atom. The van der Waals surface area contributed by atoms with Crippen LogP contribution in [0, 0.1) is 16.0 Å². The van der Waals surface area contributed by atoms with Gasteiger partial charge in [0.25, 0.3) is 11.6 Å². The lowest BCUT2D eigenvalue weighted by Gasteiger charge is -2.17. The fourth-order valence-electron chi connectivity index (χ4n) is 2.92. The number of benzene rings is 1. The van der Waals surface area contributed by atoms with Crippen molar-refractivity contribution >= 4 is 29.3 Å². The summed E-state index contributed by atoms with van der Waals surface area (Å²) < 4.78 is 4.87. The van der Waals surface area contributed by atoms with Gasteiger partial charge in [0, 0.05) is 25.7 Å². The Kier molecular flexibility index (Phi) is 7.93. The SMILES string of the molecule is CC(C)CCNC(=O)NC(=O)COC(=O)c1ccc(N2CCCC2)c([N+](=O)[O-])c1. The maximum atomic E-state index is 12.2. The number of imide groups is 1. The molecule has 10 heteroatoms. The third-order valence-corrected chi connectivity index (χ3v) is 4.45. The third-order valence-electron chi connectivity index (χ3n) is 4.45. The Balaban J connectivity index is 1.90. The van der Waals surface area contributed by atoms with Gasteiger partial charge in [0.2, 0.25) is 0 Å². The van der Waals surface area contributed by atoms with Crippen molar-refractivity contribution in [3.63, 3.8) is 0 Å². The number of carbonyl (C=O) groups excluding carboxylic acids is 3. The third kappa shape index (κ3) is 6.74. The van der Waals surface area contributed by atoms with E-state index in [0.717, 1.165) is 38.4 Å². The van der Waals surface area contributed by atoms with Crippen LogP contribution in [-0.2, 0) is 9.53 Å². The first kappa shape index (κ1) is 22.1. The molecule has 158 valence electrons. The normalized spacial score (nSPS) is 13.3. The molecule has 0 atom stereocenters. The number of nitro benzene ring substituents is 1. The summed E-state index contributed by atoms with van der Waals surface area (Å²) in [5.74, 6) is -1.26. The van der Waals surface area contributed by atoms with Gasteiger partial charge in [-0.15, -0.1) is 0 Å². The minimum atomic E-state index is -0.878. The molecule has 1 saturated heterocycles. The van der Waals surface area contributed by atoms with Crippen LogP contribution in [0.2, 0.25) is 0 Å². The van der Waals surface area contributed by atoms with Crippen molar-refractivity contribution in [2.24, 2.45) is 5.92 Å². The zero-order valence-electron chi connectivity index (χ0n) is 16.6. The Labute approximate surface area is 168 Å². The minimum absolute atomic E-state index is 0.0335. The van der Waals surface area contributed by atoms with Gasteiger partial charge in [-0.3, -0.25) is 20.2 Å². The average Bonchev–Trinajstić information content (AvgIpc) is 3.19. The standard InChI is InChI=1S/C19H26N4O6/c1-13(2)7-8-20-19(26)21-17(24)12-29-18(25)14-5-6-15(16(11-14)23(27)28)22-9-3-4-10-22/h5-6,11,13H,3-4,7-10,12H2,1-2H3,(H2,20,21,24,26). The summed E-state index contributed by atoms with van der Waals surface area (Å²) in [6.45, 7) is 5.22. The number of hydrogen-bond acceptors (Lipinski definition) is 7. The van der Waals surface area contributed by atoms with Crippen LogP contribution in [0.1, 0.15) is 43.5 Å². The largest absolute Gasteiger partial charge is 0.452 e. The minimum Gasteiger partial charge on any atom is -0.452 e. The number of hydrogen-bond donors (Lipinski definition) is 2. The number of urea groups is 1. The number of anilines is 1. The summed E-state index contributed by atoms with van der Waals surface area (Å²) >= 11 is 0. The zero-order valence-corrected chi connectivity index (χ0v) is 16.6. The van der Waals surface area contributed by atoms with Gasteiger partial charge in [-0.05, 0) is 37.3 Å². The molecule has 1 heterocycles. The highest BCUT2D eigenvalue weighted by atomic mass is 16.6. The van der Waals surface area contributed by atoms with Gasteiger partial charge in [-0.2, -0.15) is 0 Å². The second-order valence-electron chi connectivity index (χ2n) is 7.22. The van der Waals surface area contributed by atoms with E-state index in [1.54, 1.807) is 0 Å². The Hall–Kier alpha value is -3.17. The van der Waals surface area contributed by atoms with E-state index in [-0.39, 0.29) is 11.3 Å². The molecular weight excluding hydrogens is 380 g/mol. The summed E-state index contributed by atoms with van der Waals surface area (Å²) in [6, 6.07) is 3.42. The predicted octanol–water partition coefficient (Wildman–Crippen LogP) is 2.22. The molecule has 0 radical (unpaired) electrons. The van der Waals surface area contributed by atoms with Crippen molar-refractivity contribution in [2.45, 2.75) is 33.1 Å².